The van der Waals surface area contributed by atoms with Crippen molar-refractivity contribution in [2.45, 2.75) is 45.5 Å². The van der Waals surface area contributed by atoms with Gasteiger partial charge in [-0.15, -0.1) is 0 Å². The number of benzene rings is 1. The van der Waals surface area contributed by atoms with E-state index in [-0.39, 0.29) is 18.2 Å². The Bertz CT molecular complexity index is 499. The van der Waals surface area contributed by atoms with E-state index in [0.29, 0.717) is 32.7 Å². The summed E-state index contributed by atoms with van der Waals surface area (Å²) >= 11 is 0. The van der Waals surface area contributed by atoms with Crippen LogP contribution in [0.15, 0.2) is 24.3 Å². The Hall–Kier alpha value is -1.43. The highest BCUT2D eigenvalue weighted by Gasteiger charge is 2.48. The maximum Gasteiger partial charge on any atom is 0.309 e. The maximum atomic E-state index is 11.7. The zero-order valence-electron chi connectivity index (χ0n) is 14.1. The first kappa shape index (κ1) is 17.9. The Morgan fingerprint density at radius 3 is 2.17 bits per heavy atom. The average Bonchev–Trinajstić information content (AvgIpc) is 2.52. The van der Waals surface area contributed by atoms with Crippen LogP contribution in [-0.4, -0.2) is 30.9 Å². The molecule has 1 aliphatic rings. The van der Waals surface area contributed by atoms with E-state index < -0.39 is 5.60 Å². The van der Waals surface area contributed by atoms with Gasteiger partial charge in [0.15, 0.2) is 6.29 Å². The predicted molar refractivity (Wildman–Crippen MR) is 85.7 cm³/mol. The molecule has 0 atom stereocenters. The van der Waals surface area contributed by atoms with Crippen LogP contribution < -0.4 is 0 Å². The molecule has 5 heteroatoms. The molecule has 5 nitrogen and oxygen atoms in total. The van der Waals surface area contributed by atoms with Crippen molar-refractivity contribution in [2.24, 2.45) is 5.92 Å². The molecule has 2 rings (SSSR count). The first-order chi connectivity index (χ1) is 11.0. The van der Waals surface area contributed by atoms with Crippen molar-refractivity contribution < 1.29 is 24.1 Å². The van der Waals surface area contributed by atoms with Gasteiger partial charge in [-0.05, 0) is 39.2 Å². The molecule has 0 spiro atoms. The quantitative estimate of drug-likeness (QED) is 0.589. The summed E-state index contributed by atoms with van der Waals surface area (Å²) in [6.45, 7) is 7.14. The Balaban J connectivity index is 2.01. The number of esters is 1. The van der Waals surface area contributed by atoms with Gasteiger partial charge in [0.1, 0.15) is 0 Å². The van der Waals surface area contributed by atoms with E-state index in [2.05, 4.69) is 0 Å². The smallest absolute Gasteiger partial charge is 0.309 e. The number of hydrogen-bond acceptors (Lipinski definition) is 5. The number of carbonyl (C=O) groups is 1. The molecule has 23 heavy (non-hydrogen) atoms. The predicted octanol–water partition coefficient (Wildman–Crippen LogP) is 2.92. The SMILES string of the molecule is CCOC(=O)C1CC(O)(c2ccc(C(OCC)OCC)cc2)C1. The molecule has 0 bridgehead atoms. The summed E-state index contributed by atoms with van der Waals surface area (Å²) < 4.78 is 16.1. The maximum absolute atomic E-state index is 11.7. The van der Waals surface area contributed by atoms with Gasteiger partial charge < -0.3 is 19.3 Å². The van der Waals surface area contributed by atoms with Gasteiger partial charge in [-0.1, -0.05) is 24.3 Å². The summed E-state index contributed by atoms with van der Waals surface area (Å²) in [6.07, 6.45) is 0.430. The van der Waals surface area contributed by atoms with Gasteiger partial charge in [0.2, 0.25) is 0 Å². The number of hydrogen-bond donors (Lipinski definition) is 1. The van der Waals surface area contributed by atoms with Crippen molar-refractivity contribution in [3.63, 3.8) is 0 Å². The topological polar surface area (TPSA) is 65.0 Å². The second-order valence-electron chi connectivity index (χ2n) is 5.75. The van der Waals surface area contributed by atoms with Gasteiger partial charge >= 0.3 is 5.97 Å². The molecular formula is C18H26O5. The van der Waals surface area contributed by atoms with E-state index in [1.54, 1.807) is 6.92 Å². The molecule has 0 heterocycles. The minimum atomic E-state index is -0.942. The summed E-state index contributed by atoms with van der Waals surface area (Å²) in [5, 5.41) is 10.6. The Kier molecular flexibility index (Phi) is 6.16. The summed E-state index contributed by atoms with van der Waals surface area (Å²) in [5.41, 5.74) is 0.790. The lowest BCUT2D eigenvalue weighted by Crippen LogP contribution is -2.45. The van der Waals surface area contributed by atoms with E-state index in [4.69, 9.17) is 14.2 Å². The fraction of sp³-hybridized carbons (Fsp3) is 0.611. The molecule has 0 aliphatic heterocycles. The van der Waals surface area contributed by atoms with Crippen LogP contribution in [0.2, 0.25) is 0 Å². The van der Waals surface area contributed by atoms with Crippen molar-refractivity contribution in [2.75, 3.05) is 19.8 Å². The van der Waals surface area contributed by atoms with Crippen molar-refractivity contribution >= 4 is 5.97 Å². The van der Waals surface area contributed by atoms with Crippen molar-refractivity contribution in [3.8, 4) is 0 Å². The molecule has 0 unspecified atom stereocenters. The number of ether oxygens (including phenoxy) is 3. The lowest BCUT2D eigenvalue weighted by atomic mass is 9.67. The second-order valence-corrected chi connectivity index (χ2v) is 5.75. The molecule has 1 N–H and O–H groups in total. The summed E-state index contributed by atoms with van der Waals surface area (Å²) in [7, 11) is 0. The van der Waals surface area contributed by atoms with Gasteiger partial charge in [0.25, 0.3) is 0 Å². The van der Waals surface area contributed by atoms with Crippen molar-refractivity contribution in [3.05, 3.63) is 35.4 Å². The minimum Gasteiger partial charge on any atom is -0.466 e. The Morgan fingerprint density at radius 1 is 1.13 bits per heavy atom. The monoisotopic (exact) mass is 322 g/mol. The molecule has 1 aromatic carbocycles. The largest absolute Gasteiger partial charge is 0.466 e. The van der Waals surface area contributed by atoms with Crippen LogP contribution in [-0.2, 0) is 24.6 Å². The van der Waals surface area contributed by atoms with Crippen LogP contribution >= 0.6 is 0 Å². The number of rotatable bonds is 8. The van der Waals surface area contributed by atoms with Crippen LogP contribution in [0.3, 0.4) is 0 Å². The molecule has 1 aromatic rings. The normalized spacial score (nSPS) is 23.6. The van der Waals surface area contributed by atoms with Gasteiger partial charge in [0, 0.05) is 18.8 Å². The third-order valence-corrected chi connectivity index (χ3v) is 4.14. The molecule has 0 radical (unpaired) electrons. The minimum absolute atomic E-state index is 0.209. The van der Waals surface area contributed by atoms with Crippen LogP contribution in [0.1, 0.15) is 51.0 Å². The van der Waals surface area contributed by atoms with Gasteiger partial charge in [-0.25, -0.2) is 0 Å². The third-order valence-electron chi connectivity index (χ3n) is 4.14. The fourth-order valence-corrected chi connectivity index (χ4v) is 2.91. The fourth-order valence-electron chi connectivity index (χ4n) is 2.91. The van der Waals surface area contributed by atoms with E-state index >= 15 is 0 Å². The van der Waals surface area contributed by atoms with Crippen LogP contribution in [0.25, 0.3) is 0 Å². The molecule has 1 fully saturated rings. The molecule has 1 aliphatic carbocycles. The van der Waals surface area contributed by atoms with E-state index in [1.165, 1.54) is 0 Å². The summed E-state index contributed by atoms with van der Waals surface area (Å²) in [5.74, 6) is -0.430. The standard InChI is InChI=1S/C18H26O5/c1-4-21-16(19)14-11-18(20,12-14)15-9-7-13(8-10-15)17(22-5-2)23-6-3/h7-10,14,17,20H,4-6,11-12H2,1-3H3. The summed E-state index contributed by atoms with van der Waals surface area (Å²) in [6, 6.07) is 7.56. The molecule has 1 saturated carbocycles. The van der Waals surface area contributed by atoms with Crippen LogP contribution in [0.4, 0.5) is 0 Å². The van der Waals surface area contributed by atoms with Gasteiger partial charge in [-0.3, -0.25) is 4.79 Å². The van der Waals surface area contributed by atoms with E-state index in [0.717, 1.165) is 11.1 Å². The van der Waals surface area contributed by atoms with Crippen molar-refractivity contribution in [1.82, 2.24) is 0 Å². The highest BCUT2D eigenvalue weighted by molar-refractivity contribution is 5.74. The third kappa shape index (κ3) is 4.10. The highest BCUT2D eigenvalue weighted by Crippen LogP contribution is 2.46. The lowest BCUT2D eigenvalue weighted by Gasteiger charge is -2.42. The Morgan fingerprint density at radius 2 is 1.70 bits per heavy atom. The number of aliphatic hydroxyl groups is 1. The lowest BCUT2D eigenvalue weighted by molar-refractivity contribution is -0.165. The molecule has 128 valence electrons. The Labute approximate surface area is 137 Å². The number of carbonyl (C=O) groups excluding carboxylic acids is 1. The van der Waals surface area contributed by atoms with E-state index in [1.807, 2.05) is 38.1 Å². The zero-order valence-corrected chi connectivity index (χ0v) is 14.1. The summed E-state index contributed by atoms with van der Waals surface area (Å²) in [4.78, 5) is 11.7. The average molecular weight is 322 g/mol. The molecule has 0 aromatic heterocycles. The highest BCUT2D eigenvalue weighted by atomic mass is 16.7. The van der Waals surface area contributed by atoms with Crippen LogP contribution in [0.5, 0.6) is 0 Å². The van der Waals surface area contributed by atoms with Gasteiger partial charge in [0.05, 0.1) is 18.1 Å². The molecule has 0 amide bonds. The second kappa shape index (κ2) is 7.90. The van der Waals surface area contributed by atoms with Crippen LogP contribution in [0, 0.1) is 5.92 Å². The molecular weight excluding hydrogens is 296 g/mol. The first-order valence-electron chi connectivity index (χ1n) is 8.26. The van der Waals surface area contributed by atoms with Gasteiger partial charge in [-0.2, -0.15) is 0 Å². The van der Waals surface area contributed by atoms with E-state index in [9.17, 15) is 9.90 Å². The first-order valence-corrected chi connectivity index (χ1v) is 8.26. The zero-order chi connectivity index (χ0) is 16.9. The van der Waals surface area contributed by atoms with Crippen molar-refractivity contribution in [1.29, 1.82) is 0 Å². The molecule has 0 saturated heterocycles.